The zero-order chi connectivity index (χ0) is 24.9. The highest BCUT2D eigenvalue weighted by atomic mass is 32.2. The molecule has 0 aliphatic heterocycles. The summed E-state index contributed by atoms with van der Waals surface area (Å²) in [6, 6.07) is 0.0766. The number of hydrogen-bond acceptors (Lipinski definition) is 7. The Bertz CT molecular complexity index is 827. The Morgan fingerprint density at radius 1 is 1.18 bits per heavy atom. The van der Waals surface area contributed by atoms with Crippen LogP contribution in [-0.2, 0) is 4.79 Å². The second-order valence-corrected chi connectivity index (χ2v) is 12.6. The Morgan fingerprint density at radius 2 is 1.82 bits per heavy atom. The quantitative estimate of drug-likeness (QED) is 0.418. The first-order valence-corrected chi connectivity index (χ1v) is 13.6. The Labute approximate surface area is 207 Å². The summed E-state index contributed by atoms with van der Waals surface area (Å²) in [6.45, 7) is 9.96. The van der Waals surface area contributed by atoms with Crippen molar-refractivity contribution in [2.45, 2.75) is 101 Å². The fourth-order valence-electron chi connectivity index (χ4n) is 5.31. The van der Waals surface area contributed by atoms with Crippen LogP contribution < -0.4 is 21.1 Å². The third-order valence-electron chi connectivity index (χ3n) is 6.89. The highest BCUT2D eigenvalue weighted by molar-refractivity contribution is 8.00. The number of thioether (sulfide) groups is 1. The van der Waals surface area contributed by atoms with Gasteiger partial charge in [-0.2, -0.15) is 0 Å². The van der Waals surface area contributed by atoms with Crippen molar-refractivity contribution in [3.05, 3.63) is 5.76 Å². The molecule has 2 fully saturated rings. The van der Waals surface area contributed by atoms with E-state index in [1.807, 2.05) is 27.7 Å². The average Bonchev–Trinajstić information content (AvgIpc) is 3.08. The van der Waals surface area contributed by atoms with Gasteiger partial charge in [-0.25, -0.2) is 0 Å². The number of aromatic nitrogens is 1. The summed E-state index contributed by atoms with van der Waals surface area (Å²) in [4.78, 5) is 25.5. The molecule has 1 aromatic rings. The minimum atomic E-state index is -0.649. The van der Waals surface area contributed by atoms with Crippen molar-refractivity contribution >= 4 is 23.6 Å². The Morgan fingerprint density at radius 3 is 2.41 bits per heavy atom. The molecule has 3 rings (SSSR count). The maximum atomic E-state index is 13.2. The molecule has 3 atom stereocenters. The van der Waals surface area contributed by atoms with Gasteiger partial charge in [0.15, 0.2) is 0 Å². The van der Waals surface area contributed by atoms with Crippen LogP contribution in [0.2, 0.25) is 0 Å². The molecule has 34 heavy (non-hydrogen) atoms. The van der Waals surface area contributed by atoms with Gasteiger partial charge in [-0.1, -0.05) is 39.5 Å². The number of nitrogens with two attached hydrogens (primary N) is 1. The molecule has 0 aromatic carbocycles. The van der Waals surface area contributed by atoms with E-state index in [9.17, 15) is 9.59 Å². The highest BCUT2D eigenvalue weighted by Gasteiger charge is 2.35. The summed E-state index contributed by atoms with van der Waals surface area (Å²) < 4.78 is 11.4. The van der Waals surface area contributed by atoms with E-state index in [2.05, 4.69) is 22.7 Å². The maximum absolute atomic E-state index is 13.2. The molecule has 3 unspecified atom stereocenters. The second kappa shape index (κ2) is 11.8. The standard InChI is InChI=1S/C25H42N4O4S/c1-15(2)34-22-21(33-29-24(22)32-14-25(4,5)28-20(30)13-26)23(31)27-16(3)19-11-17-8-6-7-9-18(10-17)12-19/h15-19H,6-14,26H2,1-5H3,(H,27,31)(H,28,30). The Balaban J connectivity index is 1.67. The van der Waals surface area contributed by atoms with Gasteiger partial charge in [0, 0.05) is 11.3 Å². The second-order valence-electron chi connectivity index (χ2n) is 11.0. The van der Waals surface area contributed by atoms with Crippen molar-refractivity contribution in [1.82, 2.24) is 15.8 Å². The number of fused-ring (bicyclic) bond motifs is 2. The number of nitrogens with one attached hydrogen (secondary N) is 2. The van der Waals surface area contributed by atoms with E-state index >= 15 is 0 Å². The summed E-state index contributed by atoms with van der Waals surface area (Å²) in [5.74, 6) is 2.05. The van der Waals surface area contributed by atoms with Gasteiger partial charge in [0.05, 0.1) is 12.1 Å². The van der Waals surface area contributed by atoms with Crippen LogP contribution in [0.4, 0.5) is 0 Å². The van der Waals surface area contributed by atoms with E-state index in [0.29, 0.717) is 10.8 Å². The molecule has 2 bridgehead atoms. The number of ether oxygens (including phenoxy) is 1. The normalized spacial score (nSPS) is 23.8. The number of rotatable bonds is 10. The number of hydrogen-bond donors (Lipinski definition) is 3. The van der Waals surface area contributed by atoms with Crippen molar-refractivity contribution < 1.29 is 18.8 Å². The molecule has 4 N–H and O–H groups in total. The maximum Gasteiger partial charge on any atom is 0.291 e. The minimum Gasteiger partial charge on any atom is -0.472 e. The third-order valence-corrected chi connectivity index (χ3v) is 7.96. The van der Waals surface area contributed by atoms with Crippen molar-refractivity contribution in [1.29, 1.82) is 0 Å². The zero-order valence-corrected chi connectivity index (χ0v) is 22.1. The van der Waals surface area contributed by atoms with Crippen LogP contribution in [0, 0.1) is 17.8 Å². The van der Waals surface area contributed by atoms with Crippen molar-refractivity contribution in [2.75, 3.05) is 13.2 Å². The molecule has 9 heteroatoms. The summed E-state index contributed by atoms with van der Waals surface area (Å²) in [5, 5.41) is 10.3. The molecule has 1 heterocycles. The molecule has 2 amide bonds. The predicted octanol–water partition coefficient (Wildman–Crippen LogP) is 4.13. The van der Waals surface area contributed by atoms with Crippen LogP contribution in [0.5, 0.6) is 5.88 Å². The van der Waals surface area contributed by atoms with Crippen molar-refractivity contribution in [2.24, 2.45) is 23.5 Å². The first kappa shape index (κ1) is 26.9. The van der Waals surface area contributed by atoms with Crippen LogP contribution in [0.25, 0.3) is 0 Å². The highest BCUT2D eigenvalue weighted by Crippen LogP contribution is 2.42. The number of carbonyl (C=O) groups is 2. The molecule has 0 radical (unpaired) electrons. The van der Waals surface area contributed by atoms with Gasteiger partial charge in [-0.15, -0.1) is 11.8 Å². The lowest BCUT2D eigenvalue weighted by atomic mass is 9.72. The van der Waals surface area contributed by atoms with Crippen LogP contribution in [0.3, 0.4) is 0 Å². The van der Waals surface area contributed by atoms with Gasteiger partial charge >= 0.3 is 0 Å². The molecule has 2 aliphatic rings. The molecule has 8 nitrogen and oxygen atoms in total. The van der Waals surface area contributed by atoms with Gasteiger partial charge in [-0.3, -0.25) is 9.59 Å². The first-order chi connectivity index (χ1) is 16.1. The van der Waals surface area contributed by atoms with E-state index in [4.69, 9.17) is 15.0 Å². The Hall–Kier alpha value is -1.74. The van der Waals surface area contributed by atoms with E-state index in [1.165, 1.54) is 56.7 Å². The summed E-state index contributed by atoms with van der Waals surface area (Å²) in [6.07, 6.45) is 9.09. The molecule has 1 aromatic heterocycles. The van der Waals surface area contributed by atoms with Crippen LogP contribution in [-0.4, -0.2) is 47.0 Å². The molecule has 0 saturated heterocycles. The lowest BCUT2D eigenvalue weighted by Gasteiger charge is -2.36. The topological polar surface area (TPSA) is 119 Å². The molecular weight excluding hydrogens is 452 g/mol. The summed E-state index contributed by atoms with van der Waals surface area (Å²) in [7, 11) is 0. The lowest BCUT2D eigenvalue weighted by molar-refractivity contribution is -0.121. The van der Waals surface area contributed by atoms with Crippen LogP contribution in [0.15, 0.2) is 9.42 Å². The van der Waals surface area contributed by atoms with Gasteiger partial charge in [0.25, 0.3) is 11.8 Å². The minimum absolute atomic E-state index is 0.0766. The van der Waals surface area contributed by atoms with Gasteiger partial charge in [0.1, 0.15) is 11.5 Å². The predicted molar refractivity (Wildman–Crippen MR) is 134 cm³/mol. The molecule has 192 valence electrons. The van der Waals surface area contributed by atoms with E-state index < -0.39 is 5.54 Å². The average molecular weight is 495 g/mol. The zero-order valence-electron chi connectivity index (χ0n) is 21.3. The fraction of sp³-hybridized carbons (Fsp3) is 0.800. The van der Waals surface area contributed by atoms with Gasteiger partial charge < -0.3 is 25.6 Å². The molecule has 2 aliphatic carbocycles. The lowest BCUT2D eigenvalue weighted by Crippen LogP contribution is -2.49. The largest absolute Gasteiger partial charge is 0.472 e. The number of nitrogens with zero attached hydrogens (tertiary/aromatic N) is 1. The van der Waals surface area contributed by atoms with Crippen molar-refractivity contribution in [3.8, 4) is 5.88 Å². The molecular formula is C25H42N4O4S. The van der Waals surface area contributed by atoms with E-state index in [-0.39, 0.29) is 47.9 Å². The third kappa shape index (κ3) is 7.38. The number of amides is 2. The number of carbonyl (C=O) groups excluding carboxylic acids is 2. The van der Waals surface area contributed by atoms with E-state index in [1.54, 1.807) is 0 Å². The summed E-state index contributed by atoms with van der Waals surface area (Å²) in [5.41, 5.74) is 4.75. The molecule has 0 spiro atoms. The van der Waals surface area contributed by atoms with Crippen molar-refractivity contribution in [3.63, 3.8) is 0 Å². The Kier molecular flexibility index (Phi) is 9.32. The van der Waals surface area contributed by atoms with E-state index in [0.717, 1.165) is 11.8 Å². The monoisotopic (exact) mass is 494 g/mol. The van der Waals surface area contributed by atoms with Crippen LogP contribution in [0.1, 0.15) is 90.1 Å². The SMILES string of the molecule is CC(C)Sc1c(OCC(C)(C)NC(=O)CN)noc1C(=O)NC(C)C1CC2CCCCC(C2)C1. The fourth-order valence-corrected chi connectivity index (χ4v) is 6.21. The van der Waals surface area contributed by atoms with Gasteiger partial charge in [0.2, 0.25) is 11.7 Å². The summed E-state index contributed by atoms with van der Waals surface area (Å²) >= 11 is 1.49. The first-order valence-electron chi connectivity index (χ1n) is 12.7. The van der Waals surface area contributed by atoms with Crippen LogP contribution >= 0.6 is 11.8 Å². The molecule has 2 saturated carbocycles. The van der Waals surface area contributed by atoms with Gasteiger partial charge in [-0.05, 0) is 62.9 Å². The smallest absolute Gasteiger partial charge is 0.291 e.